The molecule has 0 radical (unpaired) electrons. The van der Waals surface area contributed by atoms with Crippen molar-refractivity contribution in [3.63, 3.8) is 0 Å². The van der Waals surface area contributed by atoms with Crippen LogP contribution < -0.4 is 0 Å². The molecule has 19 heavy (non-hydrogen) atoms. The molecular formula is C19H54. The molecule has 130 valence electrons. The largest absolute Gasteiger partial charge is 0.0991 e. The topological polar surface area (TPSA) is 0 Å². The van der Waals surface area contributed by atoms with Crippen molar-refractivity contribution < 1.29 is 0 Å². The predicted octanol–water partition coefficient (Wildman–Crippen LogP) is 9.45. The van der Waals surface area contributed by atoms with E-state index in [9.17, 15) is 0 Å². The van der Waals surface area contributed by atoms with Crippen LogP contribution in [0.1, 0.15) is 94.0 Å². The molecule has 0 aromatic heterocycles. The zero-order chi connectivity index (χ0) is 8.24. The van der Waals surface area contributed by atoms with Gasteiger partial charge in [0.05, 0.1) is 0 Å². The lowest BCUT2D eigenvalue weighted by Crippen LogP contribution is -1.43. The Hall–Kier alpha value is -0.780. The van der Waals surface area contributed by atoms with Crippen molar-refractivity contribution in [1.82, 2.24) is 0 Å². The van der Waals surface area contributed by atoms with E-state index in [4.69, 9.17) is 0 Å². The van der Waals surface area contributed by atoms with Gasteiger partial charge in [0.2, 0.25) is 0 Å². The Balaban J connectivity index is -0.00000000508. The molecule has 0 aliphatic heterocycles. The maximum atomic E-state index is 3.46. The first-order valence-corrected chi connectivity index (χ1v) is 3.68. The minimum absolute atomic E-state index is 0. The summed E-state index contributed by atoms with van der Waals surface area (Å²) in [6.07, 6.45) is 10.9. The predicted molar refractivity (Wildman–Crippen MR) is 111 cm³/mol. The Kier molecular flexibility index (Phi) is 907. The molecule has 0 saturated carbocycles. The lowest BCUT2D eigenvalue weighted by Gasteiger charge is -1.65. The minimum Gasteiger partial charge on any atom is -0.0991 e. The third-order valence-corrected chi connectivity index (χ3v) is 0.800. The monoisotopic (exact) mass is 282 g/mol. The van der Waals surface area contributed by atoms with Gasteiger partial charge in [-0.3, -0.25) is 0 Å². The van der Waals surface area contributed by atoms with Crippen LogP contribution in [0.4, 0.5) is 0 Å². The van der Waals surface area contributed by atoms with Crippen LogP contribution in [-0.4, -0.2) is 0 Å². The molecule has 0 N–H and O–H groups in total. The molecule has 0 saturated heterocycles. The minimum atomic E-state index is 0. The summed E-state index contributed by atoms with van der Waals surface area (Å²) in [7, 11) is 0. The first kappa shape index (κ1) is 104. The maximum absolute atomic E-state index is 3.46. The van der Waals surface area contributed by atoms with Crippen molar-refractivity contribution in [3.05, 3.63) is 37.0 Å². The maximum Gasteiger partial charge on any atom is -0.0379 e. The van der Waals surface area contributed by atoms with Gasteiger partial charge in [-0.1, -0.05) is 111 Å². The third kappa shape index (κ3) is 385. The van der Waals surface area contributed by atoms with Crippen LogP contribution in [-0.2, 0) is 0 Å². The van der Waals surface area contributed by atoms with Crippen LogP contribution in [0, 0.1) is 0 Å². The van der Waals surface area contributed by atoms with Crippen molar-refractivity contribution in [3.8, 4) is 0 Å². The molecule has 0 aromatic rings. The highest BCUT2D eigenvalue weighted by Gasteiger charge is 1.52. The molecule has 0 nitrogen and oxygen atoms in total. The number of allylic oxidation sites excluding steroid dienone is 5. The van der Waals surface area contributed by atoms with Gasteiger partial charge < -0.3 is 0 Å². The number of hydrogen-bond acceptors (Lipinski definition) is 0. The average molecular weight is 283 g/mol. The van der Waals surface area contributed by atoms with Crippen LogP contribution in [0.3, 0.4) is 0 Å². The first-order valence-electron chi connectivity index (χ1n) is 3.68. The Morgan fingerprint density at radius 1 is 0.684 bits per heavy atom. The summed E-state index contributed by atoms with van der Waals surface area (Å²) in [5, 5.41) is 0. The highest BCUT2D eigenvalue weighted by atomic mass is 13.6. The number of hydrogen-bond donors (Lipinski definition) is 0. The second-order valence-electron chi connectivity index (χ2n) is 1.74. The second-order valence-corrected chi connectivity index (χ2v) is 1.74. The molecule has 0 spiro atoms. The lowest BCUT2D eigenvalue weighted by atomic mass is 10.4. The van der Waals surface area contributed by atoms with E-state index >= 15 is 0 Å². The van der Waals surface area contributed by atoms with E-state index in [2.05, 4.69) is 25.7 Å². The standard InChI is InChI=1S/C5H10.C5H8.9CH4/c2*1-3-5-4-2;;;;;;;;;/h3,5H,4H2,1-2H3;3-5H,1H2,2H3;9*1H4. The van der Waals surface area contributed by atoms with Gasteiger partial charge in [-0.15, -0.1) is 0 Å². The Morgan fingerprint density at radius 2 is 1.00 bits per heavy atom. The van der Waals surface area contributed by atoms with E-state index in [1.165, 1.54) is 0 Å². The summed E-state index contributed by atoms with van der Waals surface area (Å²) in [5.74, 6) is 0. The molecule has 0 aromatic carbocycles. The highest BCUT2D eigenvalue weighted by molar-refractivity contribution is 4.94. The van der Waals surface area contributed by atoms with E-state index in [-0.39, 0.29) is 66.8 Å². The average Bonchev–Trinajstić information content (AvgIpc) is 1.93. The molecular weight excluding hydrogens is 228 g/mol. The summed E-state index contributed by atoms with van der Waals surface area (Å²) < 4.78 is 0. The lowest BCUT2D eigenvalue weighted by molar-refractivity contribution is 1.22. The Labute approximate surface area is 131 Å². The first-order chi connectivity index (χ1) is 4.83. The third-order valence-electron chi connectivity index (χ3n) is 0.800. The molecule has 0 aliphatic carbocycles. The van der Waals surface area contributed by atoms with Gasteiger partial charge >= 0.3 is 0 Å². The molecule has 0 fully saturated rings. The van der Waals surface area contributed by atoms with E-state index in [1.54, 1.807) is 6.08 Å². The molecule has 0 amide bonds. The molecule has 0 aliphatic rings. The zero-order valence-electron chi connectivity index (χ0n) is 7.30. The summed E-state index contributed by atoms with van der Waals surface area (Å²) in [4.78, 5) is 0. The summed E-state index contributed by atoms with van der Waals surface area (Å²) in [6, 6.07) is 0. The summed E-state index contributed by atoms with van der Waals surface area (Å²) in [6.45, 7) is 9.58. The fourth-order valence-electron chi connectivity index (χ4n) is 0.372. The smallest absolute Gasteiger partial charge is 0.0379 e. The number of rotatable bonds is 2. The molecule has 0 atom stereocenters. The van der Waals surface area contributed by atoms with Gasteiger partial charge in [0.25, 0.3) is 0 Å². The van der Waals surface area contributed by atoms with Crippen molar-refractivity contribution >= 4 is 0 Å². The van der Waals surface area contributed by atoms with Gasteiger partial charge in [0.15, 0.2) is 0 Å². The van der Waals surface area contributed by atoms with Crippen LogP contribution in [0.2, 0.25) is 0 Å². The van der Waals surface area contributed by atoms with Crippen molar-refractivity contribution in [2.45, 2.75) is 94.0 Å². The summed E-state index contributed by atoms with van der Waals surface area (Å²) in [5.41, 5.74) is 0. The van der Waals surface area contributed by atoms with Crippen molar-refractivity contribution in [2.75, 3.05) is 0 Å². The van der Waals surface area contributed by atoms with Crippen LogP contribution in [0.5, 0.6) is 0 Å². The summed E-state index contributed by atoms with van der Waals surface area (Å²) >= 11 is 0. The fraction of sp³-hybridized carbons (Fsp3) is 0.684. The van der Waals surface area contributed by atoms with Gasteiger partial charge in [-0.2, -0.15) is 0 Å². The molecule has 0 bridgehead atoms. The van der Waals surface area contributed by atoms with Crippen LogP contribution >= 0.6 is 0 Å². The normalized spacial score (nSPS) is 5.00. The molecule has 0 rings (SSSR count). The van der Waals surface area contributed by atoms with E-state index < -0.39 is 0 Å². The van der Waals surface area contributed by atoms with Gasteiger partial charge in [0.1, 0.15) is 0 Å². The quantitative estimate of drug-likeness (QED) is 0.349. The Bertz CT molecular complexity index is 96.6. The van der Waals surface area contributed by atoms with Crippen LogP contribution in [0.15, 0.2) is 37.0 Å². The molecule has 0 unspecified atom stereocenters. The van der Waals surface area contributed by atoms with Crippen molar-refractivity contribution in [2.24, 2.45) is 0 Å². The Morgan fingerprint density at radius 3 is 1.00 bits per heavy atom. The zero-order valence-corrected chi connectivity index (χ0v) is 7.30. The molecule has 0 heterocycles. The van der Waals surface area contributed by atoms with Gasteiger partial charge in [-0.05, 0) is 20.3 Å². The fourth-order valence-corrected chi connectivity index (χ4v) is 0.372. The molecule has 0 heteroatoms. The van der Waals surface area contributed by atoms with Crippen LogP contribution in [0.25, 0.3) is 0 Å². The second kappa shape index (κ2) is 166. The van der Waals surface area contributed by atoms with E-state index in [1.807, 2.05) is 26.0 Å². The highest BCUT2D eigenvalue weighted by Crippen LogP contribution is 1.73. The van der Waals surface area contributed by atoms with E-state index in [0.717, 1.165) is 6.42 Å². The van der Waals surface area contributed by atoms with Crippen molar-refractivity contribution in [1.29, 1.82) is 0 Å². The van der Waals surface area contributed by atoms with Gasteiger partial charge in [0, 0.05) is 0 Å². The van der Waals surface area contributed by atoms with E-state index in [0.29, 0.717) is 0 Å². The van der Waals surface area contributed by atoms with Gasteiger partial charge in [-0.25, -0.2) is 0 Å². The SMILES string of the molecule is C.C.C.C.C.C.C.C.C.C=CC=CC.CC=CCC.